The van der Waals surface area contributed by atoms with Gasteiger partial charge in [0.1, 0.15) is 0 Å². The topological polar surface area (TPSA) is 26.1 Å². The van der Waals surface area contributed by atoms with Gasteiger partial charge in [-0.25, -0.2) is 0 Å². The normalized spacial score (nSPS) is 12.4. The standard InChI is InChI=1S/C36H30N4/c1-22(2)25-12-9-13-26(23(3)4)35(25)39-21-38(33-16-17-37-20-34(33)39)24-18-29-27-10-5-7-14-31(27)40-32-15-8-6-11-28(32)30(19-24)36(29)40/h5-20,22-23H,1-4H3. The smallest absolute Gasteiger partial charge is 0.269 e. The van der Waals surface area contributed by atoms with Crippen molar-refractivity contribution in [2.45, 2.75) is 39.5 Å². The zero-order chi connectivity index (χ0) is 27.1. The number of fused-ring (bicyclic) bond motifs is 7. The van der Waals surface area contributed by atoms with Crippen molar-refractivity contribution in [3.05, 3.63) is 115 Å². The number of imidazole rings is 1. The summed E-state index contributed by atoms with van der Waals surface area (Å²) in [4.78, 5) is 4.55. The van der Waals surface area contributed by atoms with Gasteiger partial charge in [0, 0.05) is 33.9 Å². The van der Waals surface area contributed by atoms with Crippen molar-refractivity contribution >= 4 is 49.1 Å². The molecule has 0 fully saturated rings. The molecule has 4 aromatic heterocycles. The van der Waals surface area contributed by atoms with E-state index in [4.69, 9.17) is 0 Å². The molecule has 4 aromatic carbocycles. The predicted octanol–water partition coefficient (Wildman–Crippen LogP) is 8.50. The number of pyridine rings is 1. The first kappa shape index (κ1) is 23.2. The summed E-state index contributed by atoms with van der Waals surface area (Å²) in [6, 6.07) is 31.0. The van der Waals surface area contributed by atoms with E-state index in [1.54, 1.807) is 0 Å². The highest BCUT2D eigenvalue weighted by molar-refractivity contribution is 6.23. The number of aromatic nitrogens is 4. The molecule has 0 saturated carbocycles. The Labute approximate surface area is 233 Å². The molecule has 194 valence electrons. The summed E-state index contributed by atoms with van der Waals surface area (Å²) in [5, 5.41) is 5.07. The Bertz CT molecular complexity index is 2120. The van der Waals surface area contributed by atoms with Crippen molar-refractivity contribution in [2.75, 3.05) is 0 Å². The summed E-state index contributed by atoms with van der Waals surface area (Å²) in [5.74, 6) is 0.758. The van der Waals surface area contributed by atoms with Gasteiger partial charge in [0.15, 0.2) is 0 Å². The molecule has 0 N–H and O–H groups in total. The summed E-state index contributed by atoms with van der Waals surface area (Å²) in [7, 11) is 0. The molecular weight excluding hydrogens is 488 g/mol. The van der Waals surface area contributed by atoms with Gasteiger partial charge >= 0.3 is 0 Å². The fraction of sp³-hybridized carbons (Fsp3) is 0.167. The van der Waals surface area contributed by atoms with Gasteiger partial charge in [0.2, 0.25) is 0 Å². The average Bonchev–Trinajstić information content (AvgIpc) is 3.63. The third-order valence-electron chi connectivity index (χ3n) is 8.47. The summed E-state index contributed by atoms with van der Waals surface area (Å²) >= 11 is 0. The molecule has 0 aliphatic heterocycles. The van der Waals surface area contributed by atoms with Crippen LogP contribution in [0.4, 0.5) is 0 Å². The molecule has 8 aromatic rings. The Morgan fingerprint density at radius 1 is 0.675 bits per heavy atom. The van der Waals surface area contributed by atoms with Gasteiger partial charge in [-0.3, -0.25) is 14.1 Å². The lowest BCUT2D eigenvalue weighted by molar-refractivity contribution is -0.573. The lowest BCUT2D eigenvalue weighted by atomic mass is 9.92. The van der Waals surface area contributed by atoms with E-state index in [9.17, 15) is 0 Å². The minimum absolute atomic E-state index is 0.379. The molecule has 0 bridgehead atoms. The van der Waals surface area contributed by atoms with E-state index in [1.165, 1.54) is 54.9 Å². The maximum Gasteiger partial charge on any atom is 0.269 e. The van der Waals surface area contributed by atoms with Crippen LogP contribution in [0.25, 0.3) is 60.5 Å². The molecule has 0 radical (unpaired) electrons. The Balaban J connectivity index is 1.50. The molecule has 0 saturated heterocycles. The van der Waals surface area contributed by atoms with Gasteiger partial charge in [-0.2, -0.15) is 0 Å². The zero-order valence-electron chi connectivity index (χ0n) is 23.2. The van der Waals surface area contributed by atoms with Crippen LogP contribution in [0.5, 0.6) is 0 Å². The van der Waals surface area contributed by atoms with E-state index < -0.39 is 0 Å². The Morgan fingerprint density at radius 3 is 1.88 bits per heavy atom. The fourth-order valence-corrected chi connectivity index (χ4v) is 6.65. The molecule has 4 heteroatoms. The monoisotopic (exact) mass is 518 g/mol. The highest BCUT2D eigenvalue weighted by Crippen LogP contribution is 2.40. The first-order valence-corrected chi connectivity index (χ1v) is 14.1. The first-order chi connectivity index (χ1) is 19.5. The Hall–Kier alpha value is -4.70. The minimum Gasteiger partial charge on any atom is -0.308 e. The summed E-state index contributed by atoms with van der Waals surface area (Å²) in [6.45, 7) is 9.07. The number of nitrogens with zero attached hydrogens (tertiary/aromatic N) is 4. The van der Waals surface area contributed by atoms with Crippen LogP contribution in [0.15, 0.2) is 97.3 Å². The lowest BCUT2D eigenvalue weighted by Crippen LogP contribution is -2.33. The quantitative estimate of drug-likeness (QED) is 0.169. The average molecular weight is 519 g/mol. The van der Waals surface area contributed by atoms with Crippen molar-refractivity contribution in [2.24, 2.45) is 0 Å². The molecule has 0 unspecified atom stereocenters. The van der Waals surface area contributed by atoms with E-state index in [0.717, 1.165) is 16.7 Å². The summed E-state index contributed by atoms with van der Waals surface area (Å²) < 4.78 is 6.89. The van der Waals surface area contributed by atoms with Gasteiger partial charge in [-0.05, 0) is 53.3 Å². The van der Waals surface area contributed by atoms with Gasteiger partial charge in [0.05, 0.1) is 39.0 Å². The van der Waals surface area contributed by atoms with Crippen LogP contribution < -0.4 is 4.57 Å². The van der Waals surface area contributed by atoms with Crippen LogP contribution in [0.3, 0.4) is 0 Å². The van der Waals surface area contributed by atoms with Crippen LogP contribution in [-0.2, 0) is 0 Å². The lowest BCUT2D eigenvalue weighted by Gasteiger charge is -2.20. The second-order valence-corrected chi connectivity index (χ2v) is 11.5. The molecule has 0 amide bonds. The Morgan fingerprint density at radius 2 is 1.27 bits per heavy atom. The second kappa shape index (κ2) is 8.40. The van der Waals surface area contributed by atoms with Crippen LogP contribution in [-0.4, -0.2) is 14.0 Å². The molecule has 0 atom stereocenters. The molecular formula is C36H30N4. The van der Waals surface area contributed by atoms with Crippen molar-refractivity contribution in [1.29, 1.82) is 0 Å². The highest BCUT2D eigenvalue weighted by Gasteiger charge is 2.22. The van der Waals surface area contributed by atoms with Crippen LogP contribution in [0, 0.1) is 6.33 Å². The number of rotatable bonds is 4. The molecule has 40 heavy (non-hydrogen) atoms. The van der Waals surface area contributed by atoms with Crippen molar-refractivity contribution in [3.8, 4) is 11.4 Å². The first-order valence-electron chi connectivity index (χ1n) is 14.1. The number of hydrogen-bond acceptors (Lipinski definition) is 1. The SMILES string of the molecule is CC(C)c1cccc(C(C)C)c1-[n+]1[c-]n(-c2cc3c4ccccc4n4c5ccccc5c(c2)c34)c2ccncc21. The maximum atomic E-state index is 4.55. The van der Waals surface area contributed by atoms with Gasteiger partial charge in [-0.15, -0.1) is 0 Å². The molecule has 0 aliphatic carbocycles. The third kappa shape index (κ3) is 3.07. The minimum atomic E-state index is 0.379. The second-order valence-electron chi connectivity index (χ2n) is 11.5. The molecule has 0 aliphatic rings. The zero-order valence-corrected chi connectivity index (χ0v) is 23.2. The van der Waals surface area contributed by atoms with Gasteiger partial charge in [-0.1, -0.05) is 82.3 Å². The molecule has 4 nitrogen and oxygen atoms in total. The molecule has 8 rings (SSSR count). The number of para-hydroxylation sites is 3. The van der Waals surface area contributed by atoms with Gasteiger partial charge in [0.25, 0.3) is 6.33 Å². The van der Waals surface area contributed by atoms with E-state index in [1.807, 2.05) is 12.4 Å². The number of benzene rings is 4. The van der Waals surface area contributed by atoms with E-state index in [0.29, 0.717) is 11.8 Å². The van der Waals surface area contributed by atoms with E-state index in [-0.39, 0.29) is 0 Å². The fourth-order valence-electron chi connectivity index (χ4n) is 6.65. The predicted molar refractivity (Wildman–Crippen MR) is 164 cm³/mol. The highest BCUT2D eigenvalue weighted by atomic mass is 15.1. The van der Waals surface area contributed by atoms with Crippen LogP contribution >= 0.6 is 0 Å². The summed E-state index contributed by atoms with van der Waals surface area (Å²) in [6.07, 6.45) is 7.65. The van der Waals surface area contributed by atoms with Crippen LogP contribution in [0.2, 0.25) is 0 Å². The third-order valence-corrected chi connectivity index (χ3v) is 8.47. The maximum absolute atomic E-state index is 4.55. The molecule has 4 heterocycles. The summed E-state index contributed by atoms with van der Waals surface area (Å²) in [5.41, 5.74) is 10.9. The largest absolute Gasteiger partial charge is 0.308 e. The van der Waals surface area contributed by atoms with Crippen molar-refractivity contribution < 1.29 is 4.57 Å². The van der Waals surface area contributed by atoms with Gasteiger partial charge < -0.3 is 4.40 Å². The van der Waals surface area contributed by atoms with Crippen molar-refractivity contribution in [1.82, 2.24) is 14.0 Å². The molecule has 0 spiro atoms. The van der Waals surface area contributed by atoms with E-state index in [2.05, 4.69) is 137 Å². The number of hydrogen-bond donors (Lipinski definition) is 0. The van der Waals surface area contributed by atoms with E-state index >= 15 is 0 Å². The Kier molecular flexibility index (Phi) is 4.87. The van der Waals surface area contributed by atoms with Crippen molar-refractivity contribution in [3.63, 3.8) is 0 Å². The van der Waals surface area contributed by atoms with Crippen LogP contribution in [0.1, 0.15) is 50.7 Å².